The van der Waals surface area contributed by atoms with Crippen LogP contribution in [0, 0.1) is 0 Å². The molecule has 0 aliphatic heterocycles. The summed E-state index contributed by atoms with van der Waals surface area (Å²) in [6, 6.07) is 29.6. The van der Waals surface area contributed by atoms with Gasteiger partial charge in [-0.1, -0.05) is 76.6 Å². The van der Waals surface area contributed by atoms with Gasteiger partial charge in [-0.3, -0.25) is 4.79 Å². The summed E-state index contributed by atoms with van der Waals surface area (Å²) in [5.41, 5.74) is 6.72. The number of para-hydroxylation sites is 1. The first-order valence-corrected chi connectivity index (χ1v) is 21.3. The Morgan fingerprint density at radius 2 is 1.18 bits per heavy atom. The predicted molar refractivity (Wildman–Crippen MR) is 219 cm³/mol. The number of aryl methyl sites for hydroxylation is 3. The maximum Gasteiger partial charge on any atom is 0.160 e. The van der Waals surface area contributed by atoms with Gasteiger partial charge in [0.05, 0.1) is 4.88 Å². The Morgan fingerprint density at radius 1 is 0.551 bits per heavy atom. The third kappa shape index (κ3) is 7.16. The van der Waals surface area contributed by atoms with Crippen molar-refractivity contribution in [2.75, 3.05) is 0 Å². The van der Waals surface area contributed by atoms with Gasteiger partial charge in [-0.05, 0) is 104 Å². The average molecular weight is 720 g/mol. The Labute approximate surface area is 307 Å². The van der Waals surface area contributed by atoms with Gasteiger partial charge in [0.25, 0.3) is 0 Å². The smallest absolute Gasteiger partial charge is 0.160 e. The molecule has 0 amide bonds. The Kier molecular flexibility index (Phi) is 11.0. The molecule has 0 fully saturated rings. The highest BCUT2D eigenvalue weighted by Gasteiger charge is 2.19. The fourth-order valence-electron chi connectivity index (χ4n) is 7.09. The van der Waals surface area contributed by atoms with Crippen molar-refractivity contribution in [3.63, 3.8) is 0 Å². The highest BCUT2D eigenvalue weighted by atomic mass is 32.1. The second-order valence-electron chi connectivity index (χ2n) is 13.0. The summed E-state index contributed by atoms with van der Waals surface area (Å²) < 4.78 is 2.42. The van der Waals surface area contributed by atoms with E-state index in [1.165, 1.54) is 124 Å². The summed E-state index contributed by atoms with van der Waals surface area (Å²) in [4.78, 5) is 22.1. The van der Waals surface area contributed by atoms with Crippen molar-refractivity contribution >= 4 is 73.4 Å². The van der Waals surface area contributed by atoms with Crippen LogP contribution in [0.1, 0.15) is 92.9 Å². The normalized spacial score (nSPS) is 11.7. The summed E-state index contributed by atoms with van der Waals surface area (Å²) in [5, 5.41) is 2.66. The van der Waals surface area contributed by atoms with Crippen LogP contribution in [0.5, 0.6) is 0 Å². The van der Waals surface area contributed by atoms with Crippen LogP contribution in [0.25, 0.3) is 61.5 Å². The highest BCUT2D eigenvalue weighted by molar-refractivity contribution is 7.29. The van der Waals surface area contributed by atoms with E-state index in [4.69, 9.17) is 0 Å². The molecule has 0 radical (unpaired) electrons. The van der Waals surface area contributed by atoms with E-state index in [2.05, 4.69) is 104 Å². The van der Waals surface area contributed by atoms with Gasteiger partial charge in [0.1, 0.15) is 0 Å². The quantitative estimate of drug-likeness (QED) is 0.0720. The molecule has 0 N–H and O–H groups in total. The maximum absolute atomic E-state index is 11.8. The maximum atomic E-state index is 11.8. The lowest BCUT2D eigenvalue weighted by Crippen LogP contribution is -1.92. The number of fused-ring (bicyclic) bond motifs is 3. The van der Waals surface area contributed by atoms with Crippen molar-refractivity contribution in [3.8, 4) is 39.7 Å². The monoisotopic (exact) mass is 719 g/mol. The molecule has 0 unspecified atom stereocenters. The summed E-state index contributed by atoms with van der Waals surface area (Å²) in [6.07, 6.45) is 13.2. The molecule has 0 atom stereocenters. The number of hydrogen-bond acceptors (Lipinski definition) is 5. The van der Waals surface area contributed by atoms with E-state index >= 15 is 0 Å². The molecule has 252 valence electrons. The lowest BCUT2D eigenvalue weighted by molar-refractivity contribution is 0.112. The van der Waals surface area contributed by atoms with Gasteiger partial charge in [-0.25, -0.2) is 0 Å². The van der Waals surface area contributed by atoms with Crippen molar-refractivity contribution in [1.82, 2.24) is 4.57 Å². The van der Waals surface area contributed by atoms with Crippen molar-refractivity contribution in [2.24, 2.45) is 0 Å². The minimum Gasteiger partial charge on any atom is -0.341 e. The van der Waals surface area contributed by atoms with Crippen LogP contribution in [0.2, 0.25) is 0 Å². The summed E-state index contributed by atoms with van der Waals surface area (Å²) in [6.45, 7) is 7.73. The van der Waals surface area contributed by atoms with Gasteiger partial charge in [-0.15, -0.1) is 45.3 Å². The van der Waals surface area contributed by atoms with Crippen LogP contribution < -0.4 is 0 Å². The molecular formula is C43H45NOS4. The molecule has 0 aliphatic carbocycles. The molecule has 0 saturated heterocycles. The van der Waals surface area contributed by atoms with Crippen LogP contribution in [0.4, 0.5) is 0 Å². The number of unbranched alkanes of at least 4 members (excludes halogenated alkanes) is 6. The lowest BCUT2D eigenvalue weighted by atomic mass is 10.0. The van der Waals surface area contributed by atoms with Gasteiger partial charge in [0.15, 0.2) is 6.29 Å². The topological polar surface area (TPSA) is 22.0 Å². The Bertz CT molecular complexity index is 2180. The number of nitrogens with zero attached hydrogens (tertiary/aromatic N) is 1. The van der Waals surface area contributed by atoms with Crippen molar-refractivity contribution in [2.45, 2.75) is 91.5 Å². The van der Waals surface area contributed by atoms with E-state index in [0.29, 0.717) is 0 Å². The van der Waals surface area contributed by atoms with Gasteiger partial charge in [0, 0.05) is 62.5 Å². The molecule has 0 aliphatic rings. The summed E-state index contributed by atoms with van der Waals surface area (Å²) in [7, 11) is 0. The first-order chi connectivity index (χ1) is 24.1. The van der Waals surface area contributed by atoms with E-state index < -0.39 is 0 Å². The molecule has 0 saturated carbocycles. The standard InChI is InChI=1S/C43H45NOS4/c1-4-7-9-11-15-30-25-32(28-45)46-43(30)41-27-31(16-12-10-8-5-2)42(49-41)40-24-23-39(48-40)38-22-21-37(47-38)29-19-20-36-34(26-29)33-17-13-14-18-35(33)44(36)6-3/h13-14,17-28H,4-12,15-16H2,1-3H3. The number of carbonyl (C=O) groups is 1. The lowest BCUT2D eigenvalue weighted by Gasteiger charge is -2.03. The molecule has 49 heavy (non-hydrogen) atoms. The Balaban J connectivity index is 1.19. The third-order valence-corrected chi connectivity index (χ3v) is 14.7. The second kappa shape index (κ2) is 15.7. The van der Waals surface area contributed by atoms with Gasteiger partial charge in [0.2, 0.25) is 0 Å². The van der Waals surface area contributed by atoms with Gasteiger partial charge < -0.3 is 4.57 Å². The number of thiophene rings is 4. The molecule has 7 aromatic rings. The number of aromatic nitrogens is 1. The first kappa shape index (κ1) is 34.2. The fraction of sp³-hybridized carbons (Fsp3) is 0.326. The molecule has 7 rings (SSSR count). The van der Waals surface area contributed by atoms with Crippen LogP contribution in [-0.4, -0.2) is 10.9 Å². The summed E-state index contributed by atoms with van der Waals surface area (Å²) >= 11 is 7.43. The highest BCUT2D eigenvalue weighted by Crippen LogP contribution is 2.47. The zero-order valence-electron chi connectivity index (χ0n) is 28.8. The second-order valence-corrected chi connectivity index (χ2v) is 17.3. The average Bonchev–Trinajstić information content (AvgIpc) is 3.97. The van der Waals surface area contributed by atoms with Crippen LogP contribution in [-0.2, 0) is 19.4 Å². The van der Waals surface area contributed by atoms with Crippen LogP contribution in [0.15, 0.2) is 78.9 Å². The van der Waals surface area contributed by atoms with Crippen LogP contribution >= 0.6 is 45.3 Å². The van der Waals surface area contributed by atoms with Crippen molar-refractivity contribution in [3.05, 3.63) is 94.9 Å². The molecule has 0 spiro atoms. The summed E-state index contributed by atoms with van der Waals surface area (Å²) in [5.74, 6) is 0. The number of aldehydes is 1. The Morgan fingerprint density at radius 3 is 1.90 bits per heavy atom. The van der Waals surface area contributed by atoms with E-state index in [1.807, 2.05) is 34.0 Å². The number of benzene rings is 2. The molecular weight excluding hydrogens is 675 g/mol. The van der Waals surface area contributed by atoms with Gasteiger partial charge >= 0.3 is 0 Å². The van der Waals surface area contributed by atoms with Crippen molar-refractivity contribution in [1.29, 1.82) is 0 Å². The molecule has 0 bridgehead atoms. The number of rotatable bonds is 16. The largest absolute Gasteiger partial charge is 0.341 e. The third-order valence-electron chi connectivity index (χ3n) is 9.63. The fourth-order valence-corrected chi connectivity index (χ4v) is 11.7. The minimum absolute atomic E-state index is 0.849. The zero-order valence-corrected chi connectivity index (χ0v) is 32.1. The molecule has 6 heteroatoms. The number of hydrogen-bond donors (Lipinski definition) is 0. The van der Waals surface area contributed by atoms with Crippen LogP contribution in [0.3, 0.4) is 0 Å². The van der Waals surface area contributed by atoms with Gasteiger partial charge in [-0.2, -0.15) is 0 Å². The van der Waals surface area contributed by atoms with E-state index in [9.17, 15) is 4.79 Å². The van der Waals surface area contributed by atoms with E-state index in [-0.39, 0.29) is 0 Å². The number of carbonyl (C=O) groups excluding carboxylic acids is 1. The molecule has 2 nitrogen and oxygen atoms in total. The Hall–Kier alpha value is -3.29. The zero-order chi connectivity index (χ0) is 33.7. The minimum atomic E-state index is 0.849. The molecule has 5 heterocycles. The SMILES string of the molecule is CCCCCCc1cc(C=O)sc1-c1cc(CCCCCC)c(-c2ccc(-c3ccc(-c4ccc5c(c4)c4ccccc4n5CC)s3)s2)s1. The predicted octanol–water partition coefficient (Wildman–Crippen LogP) is 14.8. The van der Waals surface area contributed by atoms with E-state index in [1.54, 1.807) is 11.3 Å². The first-order valence-electron chi connectivity index (χ1n) is 18.0. The molecule has 5 aromatic heterocycles. The molecule has 2 aromatic carbocycles. The van der Waals surface area contributed by atoms with E-state index in [0.717, 1.165) is 30.5 Å². The van der Waals surface area contributed by atoms with Crippen molar-refractivity contribution < 1.29 is 4.79 Å².